The Hall–Kier alpha value is -2.02. The molecule has 0 saturated heterocycles. The molecule has 0 aromatic heterocycles. The maximum absolute atomic E-state index is 10.9. The molecule has 0 fully saturated rings. The van der Waals surface area contributed by atoms with Crippen LogP contribution in [0.5, 0.6) is 0 Å². The molecule has 4 heteroatoms. The Morgan fingerprint density at radius 1 is 1.43 bits per heavy atom. The van der Waals surface area contributed by atoms with Gasteiger partial charge in [-0.1, -0.05) is 17.7 Å². The van der Waals surface area contributed by atoms with Crippen LogP contribution >= 0.6 is 0 Å². The molecule has 1 amide bonds. The van der Waals surface area contributed by atoms with Crippen LogP contribution in [0.15, 0.2) is 24.3 Å². The van der Waals surface area contributed by atoms with Crippen LogP contribution in [0.1, 0.15) is 12.0 Å². The van der Waals surface area contributed by atoms with Crippen molar-refractivity contribution in [1.29, 1.82) is 5.26 Å². The van der Waals surface area contributed by atoms with Crippen molar-refractivity contribution in [3.63, 3.8) is 0 Å². The number of anilines is 1. The molecule has 0 aliphatic heterocycles. The lowest BCUT2D eigenvalue weighted by atomic mass is 10.2. The monoisotopic (exact) mass is 189 g/mol. The molecule has 0 saturated carbocycles. The van der Waals surface area contributed by atoms with E-state index in [0.717, 1.165) is 11.3 Å². The van der Waals surface area contributed by atoms with Gasteiger partial charge in [0.05, 0.1) is 11.8 Å². The first-order chi connectivity index (χ1) is 6.72. The highest BCUT2D eigenvalue weighted by molar-refractivity contribution is 5.79. The van der Waals surface area contributed by atoms with E-state index < -0.39 is 0 Å². The van der Waals surface area contributed by atoms with Crippen LogP contribution in [0.4, 0.5) is 5.69 Å². The lowest BCUT2D eigenvalue weighted by Crippen LogP contribution is -2.28. The van der Waals surface area contributed by atoms with Gasteiger partial charge in [0, 0.05) is 0 Å². The third-order valence-electron chi connectivity index (χ3n) is 1.64. The first kappa shape index (κ1) is 10.1. The SMILES string of the molecule is Cc1ccc(NNC(=O)CC#N)cc1. The molecular weight excluding hydrogens is 178 g/mol. The fraction of sp³-hybridized carbons (Fsp3) is 0.200. The van der Waals surface area contributed by atoms with Crippen LogP contribution in [0, 0.1) is 18.3 Å². The zero-order chi connectivity index (χ0) is 10.4. The summed E-state index contributed by atoms with van der Waals surface area (Å²) in [6, 6.07) is 9.32. The molecule has 0 atom stereocenters. The third-order valence-corrected chi connectivity index (χ3v) is 1.64. The van der Waals surface area contributed by atoms with Crippen molar-refractivity contribution >= 4 is 11.6 Å². The molecule has 0 heterocycles. The van der Waals surface area contributed by atoms with E-state index in [1.165, 1.54) is 0 Å². The second-order valence-electron chi connectivity index (χ2n) is 2.87. The van der Waals surface area contributed by atoms with E-state index >= 15 is 0 Å². The summed E-state index contributed by atoms with van der Waals surface area (Å²) in [5.41, 5.74) is 7.06. The topological polar surface area (TPSA) is 64.9 Å². The van der Waals surface area contributed by atoms with E-state index in [4.69, 9.17) is 5.26 Å². The normalized spacial score (nSPS) is 8.86. The number of carbonyl (C=O) groups excluding carboxylic acids is 1. The van der Waals surface area contributed by atoms with Gasteiger partial charge in [-0.15, -0.1) is 0 Å². The Labute approximate surface area is 82.5 Å². The Kier molecular flexibility index (Phi) is 3.50. The molecule has 0 spiro atoms. The molecule has 4 nitrogen and oxygen atoms in total. The van der Waals surface area contributed by atoms with Crippen molar-refractivity contribution in [3.8, 4) is 6.07 Å². The standard InChI is InChI=1S/C10H11N3O/c1-8-2-4-9(5-3-8)12-13-10(14)6-7-11/h2-5,12H,6H2,1H3,(H,13,14). The summed E-state index contributed by atoms with van der Waals surface area (Å²) in [6.45, 7) is 1.98. The summed E-state index contributed by atoms with van der Waals surface area (Å²) >= 11 is 0. The number of hydrogen-bond acceptors (Lipinski definition) is 3. The minimum absolute atomic E-state index is 0.140. The van der Waals surface area contributed by atoms with Crippen molar-refractivity contribution in [2.45, 2.75) is 13.3 Å². The van der Waals surface area contributed by atoms with E-state index in [2.05, 4.69) is 10.9 Å². The Bertz CT molecular complexity index is 351. The molecule has 1 aromatic rings. The molecular formula is C10H11N3O. The summed E-state index contributed by atoms with van der Waals surface area (Å²) in [4.78, 5) is 10.9. The second-order valence-corrected chi connectivity index (χ2v) is 2.87. The highest BCUT2D eigenvalue weighted by Gasteiger charge is 1.97. The fourth-order valence-electron chi connectivity index (χ4n) is 0.895. The van der Waals surface area contributed by atoms with Crippen LogP contribution < -0.4 is 10.9 Å². The van der Waals surface area contributed by atoms with E-state index in [-0.39, 0.29) is 12.3 Å². The van der Waals surface area contributed by atoms with Gasteiger partial charge in [0.2, 0.25) is 0 Å². The van der Waals surface area contributed by atoms with Gasteiger partial charge >= 0.3 is 0 Å². The molecule has 0 radical (unpaired) electrons. The number of carbonyl (C=O) groups is 1. The predicted molar refractivity (Wildman–Crippen MR) is 53.2 cm³/mol. The van der Waals surface area contributed by atoms with Gasteiger partial charge in [-0.3, -0.25) is 15.6 Å². The molecule has 0 unspecified atom stereocenters. The average Bonchev–Trinajstić information content (AvgIpc) is 2.17. The van der Waals surface area contributed by atoms with Crippen molar-refractivity contribution in [2.75, 3.05) is 5.43 Å². The molecule has 1 rings (SSSR count). The van der Waals surface area contributed by atoms with Gasteiger partial charge in [0.1, 0.15) is 6.42 Å². The van der Waals surface area contributed by atoms with Crippen LogP contribution in [0.25, 0.3) is 0 Å². The largest absolute Gasteiger partial charge is 0.299 e. The third kappa shape index (κ3) is 3.15. The number of nitrogens with one attached hydrogen (secondary N) is 2. The number of rotatable bonds is 3. The summed E-state index contributed by atoms with van der Waals surface area (Å²) in [6.07, 6.45) is -0.140. The van der Waals surface area contributed by atoms with E-state index in [1.807, 2.05) is 31.2 Å². The van der Waals surface area contributed by atoms with E-state index in [0.29, 0.717) is 0 Å². The highest BCUT2D eigenvalue weighted by atomic mass is 16.2. The Morgan fingerprint density at radius 2 is 2.07 bits per heavy atom. The quantitative estimate of drug-likeness (QED) is 0.705. The van der Waals surface area contributed by atoms with Crippen LogP contribution in [-0.4, -0.2) is 5.91 Å². The first-order valence-electron chi connectivity index (χ1n) is 4.21. The van der Waals surface area contributed by atoms with E-state index in [1.54, 1.807) is 6.07 Å². The van der Waals surface area contributed by atoms with Crippen molar-refractivity contribution in [2.24, 2.45) is 0 Å². The number of nitrogens with zero attached hydrogens (tertiary/aromatic N) is 1. The lowest BCUT2D eigenvalue weighted by molar-refractivity contribution is -0.119. The number of nitriles is 1. The lowest BCUT2D eigenvalue weighted by Gasteiger charge is -2.06. The van der Waals surface area contributed by atoms with Crippen LogP contribution in [0.2, 0.25) is 0 Å². The molecule has 0 aliphatic rings. The zero-order valence-corrected chi connectivity index (χ0v) is 7.87. The summed E-state index contributed by atoms with van der Waals surface area (Å²) < 4.78 is 0. The van der Waals surface area contributed by atoms with Gasteiger partial charge < -0.3 is 0 Å². The number of amides is 1. The van der Waals surface area contributed by atoms with Gasteiger partial charge in [-0.2, -0.15) is 5.26 Å². The van der Waals surface area contributed by atoms with Crippen molar-refractivity contribution < 1.29 is 4.79 Å². The minimum atomic E-state index is -0.340. The smallest absolute Gasteiger partial charge is 0.252 e. The van der Waals surface area contributed by atoms with Crippen molar-refractivity contribution in [3.05, 3.63) is 29.8 Å². The molecule has 1 aromatic carbocycles. The van der Waals surface area contributed by atoms with Crippen LogP contribution in [-0.2, 0) is 4.79 Å². The summed E-state index contributed by atoms with van der Waals surface area (Å²) in [5.74, 6) is -0.340. The van der Waals surface area contributed by atoms with Gasteiger partial charge in [0.15, 0.2) is 0 Å². The molecule has 72 valence electrons. The van der Waals surface area contributed by atoms with Gasteiger partial charge in [-0.25, -0.2) is 0 Å². The maximum Gasteiger partial charge on any atom is 0.252 e. The van der Waals surface area contributed by atoms with Gasteiger partial charge in [0.25, 0.3) is 5.91 Å². The summed E-state index contributed by atoms with van der Waals surface area (Å²) in [5, 5.41) is 8.23. The number of aryl methyl sites for hydroxylation is 1. The second kappa shape index (κ2) is 4.87. The molecule has 0 aliphatic carbocycles. The molecule has 14 heavy (non-hydrogen) atoms. The van der Waals surface area contributed by atoms with Crippen molar-refractivity contribution in [1.82, 2.24) is 5.43 Å². The highest BCUT2D eigenvalue weighted by Crippen LogP contribution is 2.06. The zero-order valence-electron chi connectivity index (χ0n) is 7.87. The number of benzene rings is 1. The van der Waals surface area contributed by atoms with Gasteiger partial charge in [-0.05, 0) is 19.1 Å². The minimum Gasteiger partial charge on any atom is -0.299 e. The van der Waals surface area contributed by atoms with E-state index in [9.17, 15) is 4.79 Å². The summed E-state index contributed by atoms with van der Waals surface area (Å²) in [7, 11) is 0. The Morgan fingerprint density at radius 3 is 2.64 bits per heavy atom. The average molecular weight is 189 g/mol. The fourth-order valence-corrected chi connectivity index (χ4v) is 0.895. The number of hydrazine groups is 1. The molecule has 0 bridgehead atoms. The predicted octanol–water partition coefficient (Wildman–Crippen LogP) is 1.35. The number of hydrogen-bond donors (Lipinski definition) is 2. The maximum atomic E-state index is 10.9. The van der Waals surface area contributed by atoms with Crippen LogP contribution in [0.3, 0.4) is 0 Å². The first-order valence-corrected chi connectivity index (χ1v) is 4.21. The molecule has 2 N–H and O–H groups in total. The Balaban J connectivity index is 2.43.